The number of hydrogen-bond donors (Lipinski definition) is 2. The van der Waals surface area contributed by atoms with Gasteiger partial charge in [-0.05, 0) is 42.0 Å². The maximum absolute atomic E-state index is 13.8. The Labute approximate surface area is 175 Å². The van der Waals surface area contributed by atoms with Crippen molar-refractivity contribution in [3.05, 3.63) is 69.5 Å². The van der Waals surface area contributed by atoms with E-state index in [2.05, 4.69) is 5.32 Å². The molecule has 152 valence electrons. The summed E-state index contributed by atoms with van der Waals surface area (Å²) in [5.41, 5.74) is 0.373. The Hall–Kier alpha value is -2.77. The lowest BCUT2D eigenvalue weighted by molar-refractivity contribution is -0.139. The van der Waals surface area contributed by atoms with Crippen LogP contribution in [0.5, 0.6) is 11.5 Å². The Kier molecular flexibility index (Phi) is 6.61. The van der Waals surface area contributed by atoms with Crippen molar-refractivity contribution in [3.8, 4) is 11.5 Å². The Morgan fingerprint density at radius 1 is 1.10 bits per heavy atom. The molecule has 0 fully saturated rings. The van der Waals surface area contributed by atoms with Crippen LogP contribution >= 0.6 is 23.2 Å². The number of hydrogen-bond acceptors (Lipinski definition) is 4. The maximum atomic E-state index is 13.8. The quantitative estimate of drug-likeness (QED) is 0.658. The molecule has 0 aromatic heterocycles. The van der Waals surface area contributed by atoms with Crippen molar-refractivity contribution in [2.24, 2.45) is 0 Å². The highest BCUT2D eigenvalue weighted by Gasteiger charge is 2.25. The van der Waals surface area contributed by atoms with E-state index in [0.717, 1.165) is 12.1 Å². The van der Waals surface area contributed by atoms with Gasteiger partial charge in [0, 0.05) is 6.42 Å². The fourth-order valence-corrected chi connectivity index (χ4v) is 3.26. The Morgan fingerprint density at radius 2 is 1.83 bits per heavy atom. The lowest BCUT2D eigenvalue weighted by Crippen LogP contribution is -2.42. The largest absolute Gasteiger partial charge is 0.488 e. The minimum atomic E-state index is -1.28. The van der Waals surface area contributed by atoms with Crippen molar-refractivity contribution in [1.82, 2.24) is 5.32 Å². The third-order valence-corrected chi connectivity index (χ3v) is 4.69. The van der Waals surface area contributed by atoms with Gasteiger partial charge in [0.25, 0.3) is 5.91 Å². The van der Waals surface area contributed by atoms with E-state index in [0.29, 0.717) is 16.3 Å². The molecule has 2 aromatic carbocycles. The maximum Gasteiger partial charge on any atom is 0.326 e. The number of rotatable bonds is 1. The average molecular weight is 440 g/mol. The number of fused-ring (bicyclic) bond motifs is 9. The van der Waals surface area contributed by atoms with Gasteiger partial charge in [-0.3, -0.25) is 4.79 Å². The van der Waals surface area contributed by atoms with Gasteiger partial charge in [0.05, 0.1) is 15.6 Å². The average Bonchev–Trinajstić information content (AvgIpc) is 2.65. The SMILES string of the molecule is O=C1N[C@H](C(=O)O)Cc2ccc(c(Cl)c2)OCC=CCOc2c(Cl)cc(F)cc21. The second kappa shape index (κ2) is 9.15. The number of benzene rings is 2. The van der Waals surface area contributed by atoms with Crippen molar-refractivity contribution >= 4 is 35.1 Å². The highest BCUT2D eigenvalue weighted by atomic mass is 35.5. The molecule has 0 radical (unpaired) electrons. The molecule has 0 spiro atoms. The standard InChI is InChI=1S/C20H16Cl2FNO5/c21-14-7-11-3-4-17(14)28-5-1-2-6-29-18-13(9-12(23)10-15(18)22)19(25)24-16(8-11)20(26)27/h1-4,7,9-10,16H,5-6,8H2,(H,24,25)(H,26,27)/t16-/m0/s1. The molecule has 6 nitrogen and oxygen atoms in total. The Bertz CT molecular complexity index is 980. The molecular weight excluding hydrogens is 424 g/mol. The number of amides is 1. The molecule has 2 aromatic rings. The molecule has 2 aliphatic heterocycles. The number of carboxylic acids is 1. The molecule has 4 rings (SSSR count). The fourth-order valence-electron chi connectivity index (χ4n) is 2.74. The van der Waals surface area contributed by atoms with E-state index >= 15 is 0 Å². The smallest absolute Gasteiger partial charge is 0.326 e. The summed E-state index contributed by atoms with van der Waals surface area (Å²) in [6.45, 7) is 0.245. The van der Waals surface area contributed by atoms with Crippen LogP contribution in [-0.4, -0.2) is 36.2 Å². The van der Waals surface area contributed by atoms with Crippen molar-refractivity contribution in [2.45, 2.75) is 12.5 Å². The van der Waals surface area contributed by atoms with Crippen LogP contribution in [0, 0.1) is 5.82 Å². The van der Waals surface area contributed by atoms with E-state index in [1.54, 1.807) is 30.4 Å². The highest BCUT2D eigenvalue weighted by Crippen LogP contribution is 2.31. The summed E-state index contributed by atoms with van der Waals surface area (Å²) < 4.78 is 24.9. The van der Waals surface area contributed by atoms with Crippen LogP contribution in [0.2, 0.25) is 10.0 Å². The number of halogens is 3. The number of carbonyl (C=O) groups excluding carboxylic acids is 1. The van der Waals surface area contributed by atoms with Crippen molar-refractivity contribution < 1.29 is 28.6 Å². The zero-order valence-electron chi connectivity index (χ0n) is 15.0. The van der Waals surface area contributed by atoms with E-state index in [1.165, 1.54) is 0 Å². The Balaban J connectivity index is 2.00. The lowest BCUT2D eigenvalue weighted by Gasteiger charge is -2.18. The molecule has 2 heterocycles. The minimum absolute atomic E-state index is 0.0318. The first-order valence-corrected chi connectivity index (χ1v) is 9.32. The van der Waals surface area contributed by atoms with E-state index in [4.69, 9.17) is 32.7 Å². The molecule has 9 heteroatoms. The van der Waals surface area contributed by atoms with Gasteiger partial charge in [0.2, 0.25) is 0 Å². The summed E-state index contributed by atoms with van der Waals surface area (Å²) in [4.78, 5) is 24.4. The predicted octanol–water partition coefficient (Wildman–Crippen LogP) is 3.89. The van der Waals surface area contributed by atoms with Gasteiger partial charge in [-0.25, -0.2) is 9.18 Å². The molecule has 0 saturated carbocycles. The molecule has 1 atom stereocenters. The molecular formula is C20H16Cl2FNO5. The van der Waals surface area contributed by atoms with E-state index in [-0.39, 0.29) is 36.0 Å². The van der Waals surface area contributed by atoms with Crippen LogP contribution in [0.4, 0.5) is 4.39 Å². The van der Waals surface area contributed by atoms with Gasteiger partial charge in [0.15, 0.2) is 5.75 Å². The predicted molar refractivity (Wildman–Crippen MR) is 106 cm³/mol. The minimum Gasteiger partial charge on any atom is -0.488 e. The molecule has 1 amide bonds. The Morgan fingerprint density at radius 3 is 2.52 bits per heavy atom. The van der Waals surface area contributed by atoms with Crippen LogP contribution in [0.25, 0.3) is 0 Å². The van der Waals surface area contributed by atoms with E-state index in [9.17, 15) is 19.1 Å². The first kappa shape index (κ1) is 21.0. The fraction of sp³-hybridized carbons (Fsp3) is 0.200. The van der Waals surface area contributed by atoms with Crippen LogP contribution in [-0.2, 0) is 11.2 Å². The summed E-state index contributed by atoms with van der Waals surface area (Å²) in [5, 5.41) is 12.1. The van der Waals surface area contributed by atoms with E-state index < -0.39 is 23.7 Å². The van der Waals surface area contributed by atoms with Gasteiger partial charge in [-0.15, -0.1) is 0 Å². The van der Waals surface area contributed by atoms with Crippen LogP contribution in [0.15, 0.2) is 42.5 Å². The van der Waals surface area contributed by atoms with Crippen LogP contribution < -0.4 is 14.8 Å². The molecule has 2 aliphatic rings. The monoisotopic (exact) mass is 439 g/mol. The van der Waals surface area contributed by atoms with Gasteiger partial charge in [-0.2, -0.15) is 0 Å². The summed E-state index contributed by atoms with van der Waals surface area (Å²) >= 11 is 12.2. The second-order valence-corrected chi connectivity index (χ2v) is 7.01. The van der Waals surface area contributed by atoms with Crippen LogP contribution in [0.1, 0.15) is 15.9 Å². The van der Waals surface area contributed by atoms with Crippen molar-refractivity contribution in [1.29, 1.82) is 0 Å². The second-order valence-electron chi connectivity index (χ2n) is 6.19. The molecule has 0 saturated heterocycles. The molecule has 0 aliphatic carbocycles. The molecule has 0 unspecified atom stereocenters. The van der Waals surface area contributed by atoms with Gasteiger partial charge < -0.3 is 19.9 Å². The molecule has 2 N–H and O–H groups in total. The third kappa shape index (κ3) is 5.19. The van der Waals surface area contributed by atoms with E-state index in [1.807, 2.05) is 0 Å². The van der Waals surface area contributed by atoms with Gasteiger partial charge in [0.1, 0.15) is 30.8 Å². The number of nitrogens with one attached hydrogen (secondary N) is 1. The van der Waals surface area contributed by atoms with Gasteiger partial charge >= 0.3 is 5.97 Å². The van der Waals surface area contributed by atoms with Gasteiger partial charge in [-0.1, -0.05) is 29.3 Å². The highest BCUT2D eigenvalue weighted by molar-refractivity contribution is 6.33. The first-order chi connectivity index (χ1) is 13.8. The first-order valence-electron chi connectivity index (χ1n) is 8.57. The summed E-state index contributed by atoms with van der Waals surface area (Å²) in [7, 11) is 0. The number of ether oxygens (including phenoxy) is 2. The lowest BCUT2D eigenvalue weighted by atomic mass is 10.0. The van der Waals surface area contributed by atoms with Crippen molar-refractivity contribution in [2.75, 3.05) is 13.2 Å². The topological polar surface area (TPSA) is 84.9 Å². The van der Waals surface area contributed by atoms with Crippen LogP contribution in [0.3, 0.4) is 0 Å². The number of carbonyl (C=O) groups is 2. The third-order valence-electron chi connectivity index (χ3n) is 4.12. The number of carboxylic acid groups (broad SMARTS) is 1. The summed E-state index contributed by atoms with van der Waals surface area (Å²) in [6, 6.07) is 5.52. The van der Waals surface area contributed by atoms with Crippen molar-refractivity contribution in [3.63, 3.8) is 0 Å². The summed E-state index contributed by atoms with van der Waals surface area (Å²) in [5.74, 6) is -2.44. The zero-order chi connectivity index (χ0) is 21.0. The zero-order valence-corrected chi connectivity index (χ0v) is 16.5. The number of aliphatic carboxylic acids is 1. The molecule has 29 heavy (non-hydrogen) atoms. The molecule has 2 bridgehead atoms. The summed E-state index contributed by atoms with van der Waals surface area (Å²) in [6.07, 6.45) is 3.28. The normalized spacial score (nSPS) is 17.1.